The van der Waals surface area contributed by atoms with Crippen molar-refractivity contribution in [1.29, 1.82) is 0 Å². The molecular weight excluding hydrogens is 392 g/mol. The Morgan fingerprint density at radius 3 is 1.07 bits per heavy atom. The van der Waals surface area contributed by atoms with Crippen LogP contribution in [-0.2, 0) is 37.9 Å². The normalized spacial score (nSPS) is 10.9. The minimum Gasteiger partial charge on any atom is -0.379 e. The number of rotatable bonds is 25. The van der Waals surface area contributed by atoms with Gasteiger partial charge in [0.15, 0.2) is 0 Å². The molecule has 0 aliphatic carbocycles. The first-order chi connectivity index (χ1) is 14.8. The fourth-order valence-corrected chi connectivity index (χ4v) is 1.92. The first-order valence-corrected chi connectivity index (χ1v) is 10.5. The molecule has 176 valence electrons. The summed E-state index contributed by atoms with van der Waals surface area (Å²) in [6, 6.07) is 0. The molecule has 0 N–H and O–H groups in total. The van der Waals surface area contributed by atoms with Gasteiger partial charge in [-0.15, -0.1) is 13.0 Å². The van der Waals surface area contributed by atoms with Gasteiger partial charge in [0.1, 0.15) is 6.61 Å². The number of terminal acetylenes is 1. The average Bonchev–Trinajstić information content (AvgIpc) is 2.73. The van der Waals surface area contributed by atoms with Gasteiger partial charge >= 0.3 is 0 Å². The molecule has 30 heavy (non-hydrogen) atoms. The third kappa shape index (κ3) is 27.0. The Labute approximate surface area is 182 Å². The number of hydrogen-bond acceptors (Lipinski definition) is 8. The summed E-state index contributed by atoms with van der Waals surface area (Å²) < 4.78 is 42.8. The predicted octanol–water partition coefficient (Wildman–Crippen LogP) is 1.72. The van der Waals surface area contributed by atoms with Crippen molar-refractivity contribution in [2.75, 3.05) is 106 Å². The van der Waals surface area contributed by atoms with Crippen LogP contribution in [0.25, 0.3) is 0 Å². The van der Waals surface area contributed by atoms with Gasteiger partial charge in [0.05, 0.1) is 99.1 Å². The third-order valence-corrected chi connectivity index (χ3v) is 3.46. The van der Waals surface area contributed by atoms with E-state index in [9.17, 15) is 0 Å². The highest BCUT2D eigenvalue weighted by Gasteiger charge is 1.95. The standard InChI is InChI=1S/C22H40O8/c1-4-6-23-8-10-25-12-14-27-16-18-29-20-21-30-19-17-28-15-13-26-11-9-24-7-5-22(2)3/h1H,2,5-21H2,3H3. The van der Waals surface area contributed by atoms with Crippen LogP contribution in [0.2, 0.25) is 0 Å². The van der Waals surface area contributed by atoms with E-state index < -0.39 is 0 Å². The molecule has 0 aliphatic heterocycles. The maximum atomic E-state index is 5.42. The molecule has 0 amide bonds. The molecule has 0 heterocycles. The monoisotopic (exact) mass is 432 g/mol. The van der Waals surface area contributed by atoms with Crippen LogP contribution in [0, 0.1) is 12.3 Å². The second-order valence-corrected chi connectivity index (χ2v) is 6.25. The summed E-state index contributed by atoms with van der Waals surface area (Å²) in [5.74, 6) is 2.39. The van der Waals surface area contributed by atoms with E-state index in [2.05, 4.69) is 12.5 Å². The van der Waals surface area contributed by atoms with Gasteiger partial charge in [-0.3, -0.25) is 0 Å². The van der Waals surface area contributed by atoms with Gasteiger partial charge < -0.3 is 37.9 Å². The van der Waals surface area contributed by atoms with Crippen LogP contribution in [0.4, 0.5) is 0 Å². The van der Waals surface area contributed by atoms with E-state index in [0.29, 0.717) is 106 Å². The Hall–Kier alpha value is -1.02. The summed E-state index contributed by atoms with van der Waals surface area (Å²) in [7, 11) is 0. The maximum Gasteiger partial charge on any atom is 0.107 e. The molecule has 0 rings (SSSR count). The van der Waals surface area contributed by atoms with Crippen LogP contribution in [0.5, 0.6) is 0 Å². The van der Waals surface area contributed by atoms with Crippen molar-refractivity contribution < 1.29 is 37.9 Å². The van der Waals surface area contributed by atoms with Crippen molar-refractivity contribution in [2.45, 2.75) is 13.3 Å². The molecule has 0 aromatic heterocycles. The molecule has 0 aromatic carbocycles. The Bertz CT molecular complexity index is 397. The van der Waals surface area contributed by atoms with E-state index in [4.69, 9.17) is 44.3 Å². The summed E-state index contributed by atoms with van der Waals surface area (Å²) in [6.07, 6.45) is 5.95. The fraction of sp³-hybridized carbons (Fsp3) is 0.818. The highest BCUT2D eigenvalue weighted by Crippen LogP contribution is 1.94. The van der Waals surface area contributed by atoms with Crippen molar-refractivity contribution in [2.24, 2.45) is 0 Å². The zero-order valence-corrected chi connectivity index (χ0v) is 18.6. The minimum atomic E-state index is 0.316. The van der Waals surface area contributed by atoms with Gasteiger partial charge in [-0.05, 0) is 13.3 Å². The molecule has 8 nitrogen and oxygen atoms in total. The van der Waals surface area contributed by atoms with Gasteiger partial charge in [-0.1, -0.05) is 11.5 Å². The number of ether oxygens (including phenoxy) is 8. The van der Waals surface area contributed by atoms with Gasteiger partial charge in [-0.25, -0.2) is 0 Å². The minimum absolute atomic E-state index is 0.316. The van der Waals surface area contributed by atoms with Crippen molar-refractivity contribution in [3.8, 4) is 12.3 Å². The van der Waals surface area contributed by atoms with Crippen LogP contribution in [0.3, 0.4) is 0 Å². The molecule has 0 atom stereocenters. The third-order valence-electron chi connectivity index (χ3n) is 3.46. The van der Waals surface area contributed by atoms with Gasteiger partial charge in [0.25, 0.3) is 0 Å². The molecule has 0 fully saturated rings. The predicted molar refractivity (Wildman–Crippen MR) is 115 cm³/mol. The van der Waals surface area contributed by atoms with E-state index >= 15 is 0 Å². The van der Waals surface area contributed by atoms with Crippen molar-refractivity contribution in [3.63, 3.8) is 0 Å². The zero-order valence-electron chi connectivity index (χ0n) is 18.6. The Morgan fingerprint density at radius 2 is 0.800 bits per heavy atom. The molecule has 0 saturated carbocycles. The molecule has 0 bridgehead atoms. The largest absolute Gasteiger partial charge is 0.379 e. The van der Waals surface area contributed by atoms with Crippen molar-refractivity contribution >= 4 is 0 Å². The summed E-state index contributed by atoms with van der Waals surface area (Å²) in [6.45, 7) is 14.3. The van der Waals surface area contributed by atoms with Crippen LogP contribution in [0.15, 0.2) is 12.2 Å². The summed E-state index contributed by atoms with van der Waals surface area (Å²) in [5, 5.41) is 0. The smallest absolute Gasteiger partial charge is 0.107 e. The SMILES string of the molecule is C#CCOCCOCCOCCOCCOCCOCCOCCOCCC(=C)C. The second kappa shape index (κ2) is 26.0. The van der Waals surface area contributed by atoms with Crippen molar-refractivity contribution in [1.82, 2.24) is 0 Å². The molecule has 0 aliphatic rings. The lowest BCUT2D eigenvalue weighted by molar-refractivity contribution is -0.0224. The van der Waals surface area contributed by atoms with Gasteiger partial charge in [0, 0.05) is 0 Å². The molecule has 0 aromatic rings. The van der Waals surface area contributed by atoms with E-state index in [1.165, 1.54) is 0 Å². The summed E-state index contributed by atoms with van der Waals surface area (Å²) in [4.78, 5) is 0. The topological polar surface area (TPSA) is 73.8 Å². The van der Waals surface area contributed by atoms with Crippen LogP contribution < -0.4 is 0 Å². The highest BCUT2D eigenvalue weighted by atomic mass is 16.6. The molecule has 0 radical (unpaired) electrons. The Morgan fingerprint density at radius 1 is 0.533 bits per heavy atom. The van der Waals surface area contributed by atoms with E-state index in [-0.39, 0.29) is 0 Å². The van der Waals surface area contributed by atoms with Crippen LogP contribution in [-0.4, -0.2) is 106 Å². The molecular formula is C22H40O8. The molecule has 8 heteroatoms. The van der Waals surface area contributed by atoms with E-state index in [0.717, 1.165) is 12.0 Å². The molecule has 0 unspecified atom stereocenters. The zero-order chi connectivity index (χ0) is 22.0. The van der Waals surface area contributed by atoms with Gasteiger partial charge in [-0.2, -0.15) is 0 Å². The lowest BCUT2D eigenvalue weighted by Gasteiger charge is -2.08. The first-order valence-electron chi connectivity index (χ1n) is 10.5. The fourth-order valence-electron chi connectivity index (χ4n) is 1.92. The first kappa shape index (κ1) is 29.0. The lowest BCUT2D eigenvalue weighted by Crippen LogP contribution is -2.15. The van der Waals surface area contributed by atoms with E-state index in [1.807, 2.05) is 6.92 Å². The second-order valence-electron chi connectivity index (χ2n) is 6.25. The van der Waals surface area contributed by atoms with Crippen LogP contribution in [0.1, 0.15) is 13.3 Å². The Balaban J connectivity index is 3.00. The highest BCUT2D eigenvalue weighted by molar-refractivity contribution is 4.87. The maximum absolute atomic E-state index is 5.42. The van der Waals surface area contributed by atoms with Crippen molar-refractivity contribution in [3.05, 3.63) is 12.2 Å². The Kier molecular flexibility index (Phi) is 25.1. The molecule has 0 spiro atoms. The number of hydrogen-bond donors (Lipinski definition) is 0. The summed E-state index contributed by atoms with van der Waals surface area (Å²) in [5.41, 5.74) is 1.13. The van der Waals surface area contributed by atoms with E-state index in [1.54, 1.807) is 0 Å². The van der Waals surface area contributed by atoms with Crippen LogP contribution >= 0.6 is 0 Å². The van der Waals surface area contributed by atoms with Gasteiger partial charge in [0.2, 0.25) is 0 Å². The quantitative estimate of drug-likeness (QED) is 0.123. The lowest BCUT2D eigenvalue weighted by atomic mass is 10.3. The molecule has 0 saturated heterocycles. The summed E-state index contributed by atoms with van der Waals surface area (Å²) >= 11 is 0. The average molecular weight is 433 g/mol.